The molecule has 1 atom stereocenters. The number of hydrogen-bond donors (Lipinski definition) is 3. The molecule has 41 heavy (non-hydrogen) atoms. The van der Waals surface area contributed by atoms with E-state index in [1.54, 1.807) is 17.9 Å². The van der Waals surface area contributed by atoms with Crippen molar-refractivity contribution in [1.82, 2.24) is 10.2 Å². The van der Waals surface area contributed by atoms with E-state index < -0.39 is 23.7 Å². The third kappa shape index (κ3) is 6.00. The standard InChI is InChI=1S/C32H35N5O4/c1-21-9-7-13-25(19-21)34-31(40)35-29-30(39)37(28-22(2)10-8-14-26(28)23(3)33-29)20-27(38)36-17-15-32(41,16-18-36)24-11-5-4-6-12-24/h4-14,19,29,41H,15-18,20H2,1-3H3,(H2,34,35,40). The summed E-state index contributed by atoms with van der Waals surface area (Å²) in [7, 11) is 0. The van der Waals surface area contributed by atoms with Gasteiger partial charge in [-0.25, -0.2) is 4.79 Å². The molecule has 0 aromatic heterocycles. The van der Waals surface area contributed by atoms with Gasteiger partial charge in [0.2, 0.25) is 12.1 Å². The van der Waals surface area contributed by atoms with E-state index in [1.807, 2.05) is 80.6 Å². The zero-order valence-corrected chi connectivity index (χ0v) is 23.6. The monoisotopic (exact) mass is 553 g/mol. The molecule has 3 N–H and O–H groups in total. The number of nitrogens with one attached hydrogen (secondary N) is 2. The number of rotatable bonds is 5. The Bertz CT molecular complexity index is 1490. The summed E-state index contributed by atoms with van der Waals surface area (Å²) in [6.07, 6.45) is -0.417. The van der Waals surface area contributed by atoms with Crippen LogP contribution in [0.2, 0.25) is 0 Å². The van der Waals surface area contributed by atoms with E-state index in [0.717, 1.165) is 22.3 Å². The van der Waals surface area contributed by atoms with Gasteiger partial charge in [0, 0.05) is 30.1 Å². The number of para-hydroxylation sites is 1. The lowest BCUT2D eigenvalue weighted by molar-refractivity contribution is -0.135. The Morgan fingerprint density at radius 1 is 0.976 bits per heavy atom. The number of aliphatic hydroxyl groups is 1. The highest BCUT2D eigenvalue weighted by atomic mass is 16.3. The average molecular weight is 554 g/mol. The Morgan fingerprint density at radius 3 is 2.39 bits per heavy atom. The Balaban J connectivity index is 1.35. The van der Waals surface area contributed by atoms with Crippen molar-refractivity contribution in [2.45, 2.75) is 45.4 Å². The predicted octanol–water partition coefficient (Wildman–Crippen LogP) is 4.12. The average Bonchev–Trinajstić information content (AvgIpc) is 3.05. The number of amides is 4. The number of aliphatic imine (C=N–C) groups is 1. The van der Waals surface area contributed by atoms with Crippen molar-refractivity contribution in [1.29, 1.82) is 0 Å². The first kappa shape index (κ1) is 28.0. The van der Waals surface area contributed by atoms with Crippen LogP contribution >= 0.6 is 0 Å². The van der Waals surface area contributed by atoms with Crippen LogP contribution in [0.4, 0.5) is 16.2 Å². The molecule has 1 unspecified atom stereocenters. The molecule has 2 aliphatic rings. The number of benzodiazepines with no additional fused rings is 1. The summed E-state index contributed by atoms with van der Waals surface area (Å²) in [5.41, 5.74) is 4.15. The number of piperidine rings is 1. The summed E-state index contributed by atoms with van der Waals surface area (Å²) < 4.78 is 0. The molecular formula is C32H35N5O4. The van der Waals surface area contributed by atoms with Gasteiger partial charge in [-0.05, 0) is 62.4 Å². The first-order valence-electron chi connectivity index (χ1n) is 13.8. The highest BCUT2D eigenvalue weighted by Crippen LogP contribution is 2.34. The Labute approximate surface area is 239 Å². The molecule has 0 radical (unpaired) electrons. The van der Waals surface area contributed by atoms with Gasteiger partial charge in [0.1, 0.15) is 6.54 Å². The summed E-state index contributed by atoms with van der Waals surface area (Å²) >= 11 is 0. The Hall–Kier alpha value is -4.50. The minimum absolute atomic E-state index is 0.207. The maximum absolute atomic E-state index is 13.9. The van der Waals surface area contributed by atoms with Crippen LogP contribution in [0.15, 0.2) is 77.8 Å². The highest BCUT2D eigenvalue weighted by Gasteiger charge is 2.38. The van der Waals surface area contributed by atoms with Gasteiger partial charge in [-0.2, -0.15) is 0 Å². The molecule has 212 valence electrons. The number of likely N-dealkylation sites (tertiary alicyclic amines) is 1. The number of hydrogen-bond acceptors (Lipinski definition) is 5. The Kier molecular flexibility index (Phi) is 7.90. The minimum Gasteiger partial charge on any atom is -0.385 e. The van der Waals surface area contributed by atoms with Crippen LogP contribution < -0.4 is 15.5 Å². The lowest BCUT2D eigenvalue weighted by atomic mass is 9.84. The maximum atomic E-state index is 13.9. The molecule has 0 spiro atoms. The van der Waals surface area contributed by atoms with Crippen LogP contribution in [0.1, 0.15) is 42.0 Å². The summed E-state index contributed by atoms with van der Waals surface area (Å²) in [6.45, 7) is 6.12. The van der Waals surface area contributed by atoms with Crippen LogP contribution in [0.3, 0.4) is 0 Å². The summed E-state index contributed by atoms with van der Waals surface area (Å²) in [4.78, 5) is 48.1. The number of fused-ring (bicyclic) bond motifs is 1. The molecule has 3 aromatic carbocycles. The molecule has 2 heterocycles. The van der Waals surface area contributed by atoms with Gasteiger partial charge in [-0.3, -0.25) is 19.5 Å². The van der Waals surface area contributed by atoms with Crippen molar-refractivity contribution in [3.8, 4) is 0 Å². The fourth-order valence-electron chi connectivity index (χ4n) is 5.55. The number of nitrogens with zero attached hydrogens (tertiary/aromatic N) is 3. The van der Waals surface area contributed by atoms with Gasteiger partial charge < -0.3 is 20.6 Å². The van der Waals surface area contributed by atoms with E-state index in [1.165, 1.54) is 4.90 Å². The van der Waals surface area contributed by atoms with Crippen molar-refractivity contribution in [3.63, 3.8) is 0 Å². The van der Waals surface area contributed by atoms with E-state index in [0.29, 0.717) is 43.0 Å². The number of urea groups is 1. The van der Waals surface area contributed by atoms with E-state index in [9.17, 15) is 19.5 Å². The van der Waals surface area contributed by atoms with Crippen LogP contribution in [-0.4, -0.2) is 59.4 Å². The van der Waals surface area contributed by atoms with Crippen LogP contribution in [-0.2, 0) is 15.2 Å². The molecule has 1 saturated heterocycles. The van der Waals surface area contributed by atoms with Crippen LogP contribution in [0.5, 0.6) is 0 Å². The fraction of sp³-hybridized carbons (Fsp3) is 0.312. The zero-order valence-electron chi connectivity index (χ0n) is 23.6. The van der Waals surface area contributed by atoms with Crippen molar-refractivity contribution in [3.05, 3.63) is 95.1 Å². The molecule has 1 fully saturated rings. The van der Waals surface area contributed by atoms with Crippen LogP contribution in [0, 0.1) is 13.8 Å². The molecule has 3 aromatic rings. The second kappa shape index (κ2) is 11.5. The quantitative estimate of drug-likeness (QED) is 0.441. The summed E-state index contributed by atoms with van der Waals surface area (Å²) in [5, 5.41) is 16.7. The number of anilines is 2. The fourth-order valence-corrected chi connectivity index (χ4v) is 5.55. The smallest absolute Gasteiger partial charge is 0.321 e. The minimum atomic E-state index is -1.22. The zero-order chi connectivity index (χ0) is 29.1. The molecule has 0 aliphatic carbocycles. The van der Waals surface area contributed by atoms with Crippen molar-refractivity contribution >= 4 is 34.9 Å². The number of aryl methyl sites for hydroxylation is 2. The van der Waals surface area contributed by atoms with Gasteiger partial charge in [0.05, 0.1) is 11.3 Å². The molecule has 2 aliphatic heterocycles. The topological polar surface area (TPSA) is 114 Å². The molecular weight excluding hydrogens is 518 g/mol. The summed E-state index contributed by atoms with van der Waals surface area (Å²) in [6, 6.07) is 21.9. The van der Waals surface area contributed by atoms with Crippen molar-refractivity contribution in [2.75, 3.05) is 29.9 Å². The molecule has 0 bridgehead atoms. The van der Waals surface area contributed by atoms with E-state index >= 15 is 0 Å². The second-order valence-electron chi connectivity index (χ2n) is 10.8. The molecule has 9 heteroatoms. The molecule has 5 rings (SSSR count). The number of benzene rings is 3. The third-order valence-electron chi connectivity index (χ3n) is 7.81. The lowest BCUT2D eigenvalue weighted by Gasteiger charge is -2.39. The second-order valence-corrected chi connectivity index (χ2v) is 10.8. The lowest BCUT2D eigenvalue weighted by Crippen LogP contribution is -2.53. The number of carbonyl (C=O) groups excluding carboxylic acids is 3. The van der Waals surface area contributed by atoms with Gasteiger partial charge in [-0.15, -0.1) is 0 Å². The van der Waals surface area contributed by atoms with E-state index in [4.69, 9.17) is 0 Å². The summed E-state index contributed by atoms with van der Waals surface area (Å²) in [5.74, 6) is -0.729. The maximum Gasteiger partial charge on any atom is 0.321 e. The van der Waals surface area contributed by atoms with Gasteiger partial charge in [-0.1, -0.05) is 60.7 Å². The first-order valence-corrected chi connectivity index (χ1v) is 13.8. The highest BCUT2D eigenvalue weighted by molar-refractivity contribution is 6.14. The first-order chi connectivity index (χ1) is 19.6. The van der Waals surface area contributed by atoms with Crippen LogP contribution in [0.25, 0.3) is 0 Å². The normalized spacial score (nSPS) is 18.2. The number of carbonyl (C=O) groups is 3. The third-order valence-corrected chi connectivity index (χ3v) is 7.81. The Morgan fingerprint density at radius 2 is 1.68 bits per heavy atom. The van der Waals surface area contributed by atoms with E-state index in [-0.39, 0.29) is 12.5 Å². The van der Waals surface area contributed by atoms with Gasteiger partial charge >= 0.3 is 6.03 Å². The van der Waals surface area contributed by atoms with Crippen molar-refractivity contribution in [2.24, 2.45) is 4.99 Å². The van der Waals surface area contributed by atoms with Gasteiger partial charge in [0.15, 0.2) is 0 Å². The largest absolute Gasteiger partial charge is 0.385 e. The molecule has 0 saturated carbocycles. The molecule has 4 amide bonds. The van der Waals surface area contributed by atoms with Crippen molar-refractivity contribution < 1.29 is 19.5 Å². The van der Waals surface area contributed by atoms with Gasteiger partial charge in [0.25, 0.3) is 5.91 Å². The SMILES string of the molecule is CC1=NC(NC(=O)Nc2cccc(C)c2)C(=O)N(CC(=O)N2CCC(O)(c3ccccc3)CC2)c2c(C)cccc21. The predicted molar refractivity (Wildman–Crippen MR) is 159 cm³/mol. The van der Waals surface area contributed by atoms with E-state index in [2.05, 4.69) is 15.6 Å². The molecule has 9 nitrogen and oxygen atoms in total.